The van der Waals surface area contributed by atoms with Gasteiger partial charge in [-0.05, 0) is 43.3 Å². The molecule has 0 bridgehead atoms. The number of halogens is 1. The highest BCUT2D eigenvalue weighted by molar-refractivity contribution is 5.96. The van der Waals surface area contributed by atoms with Gasteiger partial charge in [-0.15, -0.1) is 0 Å². The average molecular weight is 341 g/mol. The van der Waals surface area contributed by atoms with Crippen molar-refractivity contribution in [2.75, 3.05) is 43.0 Å². The van der Waals surface area contributed by atoms with Crippen molar-refractivity contribution in [2.45, 2.75) is 13.0 Å². The van der Waals surface area contributed by atoms with Gasteiger partial charge in [0.25, 0.3) is 0 Å². The Kier molecular flexibility index (Phi) is 5.34. The number of hydrogen-bond acceptors (Lipinski definition) is 3. The summed E-state index contributed by atoms with van der Waals surface area (Å²) in [5.74, 6) is -0.119. The highest BCUT2D eigenvalue weighted by atomic mass is 19.1. The third kappa shape index (κ3) is 3.99. The molecule has 2 aromatic carbocycles. The summed E-state index contributed by atoms with van der Waals surface area (Å²) in [6, 6.07) is 16.1. The lowest BCUT2D eigenvalue weighted by Gasteiger charge is -2.39. The second-order valence-corrected chi connectivity index (χ2v) is 6.41. The maximum absolute atomic E-state index is 13.1. The highest BCUT2D eigenvalue weighted by Crippen LogP contribution is 2.19. The van der Waals surface area contributed by atoms with E-state index in [0.717, 1.165) is 37.6 Å². The molecule has 1 aliphatic heterocycles. The van der Waals surface area contributed by atoms with Crippen LogP contribution in [-0.2, 0) is 4.79 Å². The van der Waals surface area contributed by atoms with E-state index in [1.165, 1.54) is 12.1 Å². The molecule has 132 valence electrons. The average Bonchev–Trinajstić information content (AvgIpc) is 2.67. The fourth-order valence-electron chi connectivity index (χ4n) is 3.23. The first-order valence-electron chi connectivity index (χ1n) is 8.63. The van der Waals surface area contributed by atoms with Gasteiger partial charge < -0.3 is 9.80 Å². The second kappa shape index (κ2) is 7.66. The van der Waals surface area contributed by atoms with E-state index in [0.29, 0.717) is 0 Å². The van der Waals surface area contributed by atoms with Crippen molar-refractivity contribution in [1.29, 1.82) is 0 Å². The first kappa shape index (κ1) is 17.4. The summed E-state index contributed by atoms with van der Waals surface area (Å²) in [5.41, 5.74) is 1.94. The van der Waals surface area contributed by atoms with Crippen molar-refractivity contribution in [3.8, 4) is 0 Å². The van der Waals surface area contributed by atoms with Gasteiger partial charge >= 0.3 is 0 Å². The maximum atomic E-state index is 13.1. The van der Waals surface area contributed by atoms with Crippen LogP contribution in [0, 0.1) is 5.82 Å². The van der Waals surface area contributed by atoms with Gasteiger partial charge in [-0.2, -0.15) is 0 Å². The van der Waals surface area contributed by atoms with E-state index in [1.807, 2.05) is 56.4 Å². The Morgan fingerprint density at radius 3 is 2.20 bits per heavy atom. The zero-order valence-corrected chi connectivity index (χ0v) is 14.7. The number of anilines is 2. The van der Waals surface area contributed by atoms with Gasteiger partial charge in [0.1, 0.15) is 5.82 Å². The van der Waals surface area contributed by atoms with Crippen LogP contribution in [0.1, 0.15) is 6.92 Å². The van der Waals surface area contributed by atoms with E-state index in [-0.39, 0.29) is 17.8 Å². The molecule has 1 saturated heterocycles. The lowest BCUT2D eigenvalue weighted by Crippen LogP contribution is -2.54. The monoisotopic (exact) mass is 341 g/mol. The van der Waals surface area contributed by atoms with Crippen molar-refractivity contribution < 1.29 is 9.18 Å². The van der Waals surface area contributed by atoms with Gasteiger partial charge in [0.2, 0.25) is 5.91 Å². The first-order chi connectivity index (χ1) is 12.1. The molecule has 0 aliphatic carbocycles. The van der Waals surface area contributed by atoms with Gasteiger partial charge in [-0.1, -0.05) is 18.2 Å². The van der Waals surface area contributed by atoms with Crippen molar-refractivity contribution in [3.63, 3.8) is 0 Å². The zero-order chi connectivity index (χ0) is 17.8. The summed E-state index contributed by atoms with van der Waals surface area (Å²) in [4.78, 5) is 18.9. The molecule has 2 aromatic rings. The first-order valence-corrected chi connectivity index (χ1v) is 8.63. The summed E-state index contributed by atoms with van der Waals surface area (Å²) < 4.78 is 13.1. The molecule has 1 atom stereocenters. The Morgan fingerprint density at radius 1 is 1.00 bits per heavy atom. The number of amides is 1. The van der Waals surface area contributed by atoms with E-state index in [4.69, 9.17) is 0 Å². The molecule has 5 heteroatoms. The van der Waals surface area contributed by atoms with Crippen LogP contribution >= 0.6 is 0 Å². The van der Waals surface area contributed by atoms with E-state index in [9.17, 15) is 9.18 Å². The van der Waals surface area contributed by atoms with Crippen molar-refractivity contribution in [1.82, 2.24) is 4.90 Å². The zero-order valence-electron chi connectivity index (χ0n) is 14.7. The van der Waals surface area contributed by atoms with E-state index in [2.05, 4.69) is 9.80 Å². The number of carbonyl (C=O) groups is 1. The standard InChI is InChI=1S/C20H24FN3O/c1-16(20(25)22(2)18-6-4-3-5-7-18)23-12-14-24(15-13-23)19-10-8-17(21)9-11-19/h3-11,16H,12-15H2,1-2H3. The normalized spacial score (nSPS) is 16.5. The molecule has 0 aromatic heterocycles. The summed E-state index contributed by atoms with van der Waals surface area (Å²) in [6.07, 6.45) is 0. The largest absolute Gasteiger partial charge is 0.369 e. The Bertz CT molecular complexity index is 697. The number of carbonyl (C=O) groups excluding carboxylic acids is 1. The molecule has 1 amide bonds. The summed E-state index contributed by atoms with van der Waals surface area (Å²) >= 11 is 0. The number of likely N-dealkylation sites (N-methyl/N-ethyl adjacent to an activating group) is 1. The summed E-state index contributed by atoms with van der Waals surface area (Å²) in [6.45, 7) is 5.26. The predicted octanol–water partition coefficient (Wildman–Crippen LogP) is 3.00. The number of benzene rings is 2. The lowest BCUT2D eigenvalue weighted by atomic mass is 10.1. The van der Waals surface area contributed by atoms with Crippen LogP contribution in [0.2, 0.25) is 0 Å². The van der Waals surface area contributed by atoms with Crippen molar-refractivity contribution >= 4 is 17.3 Å². The SMILES string of the molecule is CC(C(=O)N(C)c1ccccc1)N1CCN(c2ccc(F)cc2)CC1. The van der Waals surface area contributed by atoms with Crippen molar-refractivity contribution in [3.05, 3.63) is 60.4 Å². The van der Waals surface area contributed by atoms with Crippen LogP contribution in [0.4, 0.5) is 15.8 Å². The number of rotatable bonds is 4. The molecule has 4 nitrogen and oxygen atoms in total. The Morgan fingerprint density at radius 2 is 1.60 bits per heavy atom. The molecule has 1 aliphatic rings. The number of hydrogen-bond donors (Lipinski definition) is 0. The molecule has 0 saturated carbocycles. The number of para-hydroxylation sites is 1. The van der Waals surface area contributed by atoms with E-state index in [1.54, 1.807) is 4.90 Å². The second-order valence-electron chi connectivity index (χ2n) is 6.41. The molecule has 1 fully saturated rings. The third-order valence-corrected chi connectivity index (χ3v) is 4.89. The van der Waals surface area contributed by atoms with E-state index < -0.39 is 0 Å². The minimum absolute atomic E-state index is 0.0985. The smallest absolute Gasteiger partial charge is 0.243 e. The molecular weight excluding hydrogens is 317 g/mol. The minimum Gasteiger partial charge on any atom is -0.369 e. The van der Waals surface area contributed by atoms with Crippen LogP contribution < -0.4 is 9.80 Å². The van der Waals surface area contributed by atoms with E-state index >= 15 is 0 Å². The molecule has 25 heavy (non-hydrogen) atoms. The summed E-state index contributed by atoms with van der Waals surface area (Å²) in [5, 5.41) is 0. The van der Waals surface area contributed by atoms with Crippen LogP contribution in [-0.4, -0.2) is 50.1 Å². The fourth-order valence-corrected chi connectivity index (χ4v) is 3.23. The topological polar surface area (TPSA) is 26.8 Å². The van der Waals surface area contributed by atoms with Crippen molar-refractivity contribution in [2.24, 2.45) is 0 Å². The molecule has 1 heterocycles. The van der Waals surface area contributed by atoms with Gasteiger partial charge in [-0.25, -0.2) is 4.39 Å². The predicted molar refractivity (Wildman–Crippen MR) is 99.5 cm³/mol. The molecule has 0 N–H and O–H groups in total. The van der Waals surface area contributed by atoms with Crippen LogP contribution in [0.5, 0.6) is 0 Å². The van der Waals surface area contributed by atoms with Gasteiger partial charge in [0.15, 0.2) is 0 Å². The summed E-state index contributed by atoms with van der Waals surface area (Å²) in [7, 11) is 1.82. The molecule has 0 spiro atoms. The van der Waals surface area contributed by atoms with Gasteiger partial charge in [0, 0.05) is 44.6 Å². The Labute approximate surface area is 148 Å². The molecule has 1 unspecified atom stereocenters. The van der Waals surface area contributed by atoms with Crippen LogP contribution in [0.25, 0.3) is 0 Å². The third-order valence-electron chi connectivity index (χ3n) is 4.89. The fraction of sp³-hybridized carbons (Fsp3) is 0.350. The number of piperazine rings is 1. The number of nitrogens with zero attached hydrogens (tertiary/aromatic N) is 3. The quantitative estimate of drug-likeness (QED) is 0.855. The Balaban J connectivity index is 1.58. The van der Waals surface area contributed by atoms with Gasteiger partial charge in [-0.3, -0.25) is 9.69 Å². The minimum atomic E-state index is -0.217. The highest BCUT2D eigenvalue weighted by Gasteiger charge is 2.28. The maximum Gasteiger partial charge on any atom is 0.243 e. The molecule has 3 rings (SSSR count). The van der Waals surface area contributed by atoms with Crippen LogP contribution in [0.15, 0.2) is 54.6 Å². The lowest BCUT2D eigenvalue weighted by molar-refractivity contribution is -0.123. The Hall–Kier alpha value is -2.40. The van der Waals surface area contributed by atoms with Crippen LogP contribution in [0.3, 0.4) is 0 Å². The molecule has 0 radical (unpaired) electrons. The molecular formula is C20H24FN3O. The van der Waals surface area contributed by atoms with Gasteiger partial charge in [0.05, 0.1) is 6.04 Å².